The van der Waals surface area contributed by atoms with Crippen molar-refractivity contribution in [1.82, 2.24) is 14.5 Å². The summed E-state index contributed by atoms with van der Waals surface area (Å²) in [6.45, 7) is 2.52. The molecule has 0 bridgehead atoms. The summed E-state index contributed by atoms with van der Waals surface area (Å²) in [7, 11) is 3.88. The molecule has 0 aliphatic heterocycles. The minimum atomic E-state index is -1.04. The van der Waals surface area contributed by atoms with Crippen LogP contribution in [0.4, 0.5) is 0 Å². The van der Waals surface area contributed by atoms with E-state index in [1.54, 1.807) is 16.7 Å². The summed E-state index contributed by atoms with van der Waals surface area (Å²) >= 11 is 0. The first-order valence-electron chi connectivity index (χ1n) is 6.03. The summed E-state index contributed by atoms with van der Waals surface area (Å²) in [6.07, 6.45) is 0. The average molecular weight is 263 g/mol. The van der Waals surface area contributed by atoms with E-state index in [4.69, 9.17) is 5.11 Å². The van der Waals surface area contributed by atoms with E-state index in [-0.39, 0.29) is 17.3 Å². The van der Waals surface area contributed by atoms with Gasteiger partial charge in [-0.3, -0.25) is 4.57 Å². The molecule has 0 spiro atoms. The van der Waals surface area contributed by atoms with Crippen LogP contribution in [0.2, 0.25) is 0 Å². The molecule has 0 aliphatic carbocycles. The van der Waals surface area contributed by atoms with E-state index in [0.717, 1.165) is 0 Å². The predicted molar refractivity (Wildman–Crippen MR) is 72.7 cm³/mol. The van der Waals surface area contributed by atoms with Gasteiger partial charge < -0.3 is 15.0 Å². The summed E-state index contributed by atoms with van der Waals surface area (Å²) in [4.78, 5) is 27.7. The largest absolute Gasteiger partial charge is 0.478 e. The lowest BCUT2D eigenvalue weighted by atomic mass is 10.2. The van der Waals surface area contributed by atoms with Gasteiger partial charge in [0.05, 0.1) is 16.6 Å². The van der Waals surface area contributed by atoms with Gasteiger partial charge >= 0.3 is 11.7 Å². The van der Waals surface area contributed by atoms with Crippen LogP contribution >= 0.6 is 0 Å². The lowest BCUT2D eigenvalue weighted by molar-refractivity contribution is 0.0699. The van der Waals surface area contributed by atoms with Gasteiger partial charge in [0.2, 0.25) is 0 Å². The van der Waals surface area contributed by atoms with Crippen molar-refractivity contribution in [2.75, 3.05) is 14.1 Å². The smallest absolute Gasteiger partial charge is 0.337 e. The number of carboxylic acids is 1. The fourth-order valence-corrected chi connectivity index (χ4v) is 1.97. The lowest BCUT2D eigenvalue weighted by Gasteiger charge is -2.19. The maximum absolute atomic E-state index is 12.0. The van der Waals surface area contributed by atoms with Gasteiger partial charge in [-0.1, -0.05) is 6.07 Å². The normalized spacial score (nSPS) is 13.1. The SMILES string of the molecule is CC(Cn1c(=O)[nH]c2c(C(=O)O)cccc21)N(C)C. The van der Waals surface area contributed by atoms with Gasteiger partial charge in [0.15, 0.2) is 0 Å². The van der Waals surface area contributed by atoms with Crippen molar-refractivity contribution in [2.45, 2.75) is 19.5 Å². The van der Waals surface area contributed by atoms with Crippen molar-refractivity contribution in [3.63, 3.8) is 0 Å². The Balaban J connectivity index is 2.57. The van der Waals surface area contributed by atoms with Crippen LogP contribution in [-0.2, 0) is 6.54 Å². The van der Waals surface area contributed by atoms with E-state index >= 15 is 0 Å². The zero-order valence-electron chi connectivity index (χ0n) is 11.2. The predicted octanol–water partition coefficient (Wildman–Crippen LogP) is 0.978. The van der Waals surface area contributed by atoms with Gasteiger partial charge in [0.1, 0.15) is 0 Å². The van der Waals surface area contributed by atoms with Crippen LogP contribution in [-0.4, -0.2) is 45.7 Å². The second kappa shape index (κ2) is 4.89. The molecule has 0 saturated heterocycles. The Hall–Kier alpha value is -2.08. The van der Waals surface area contributed by atoms with Gasteiger partial charge in [0.25, 0.3) is 0 Å². The highest BCUT2D eigenvalue weighted by atomic mass is 16.4. The molecule has 0 aliphatic rings. The summed E-state index contributed by atoms with van der Waals surface area (Å²) in [6, 6.07) is 5.06. The third-order valence-corrected chi connectivity index (χ3v) is 3.37. The molecular weight excluding hydrogens is 246 g/mol. The summed E-state index contributed by atoms with van der Waals surface area (Å²) in [5.74, 6) is -1.04. The number of nitrogens with one attached hydrogen (secondary N) is 1. The number of nitrogens with zero attached hydrogens (tertiary/aromatic N) is 2. The zero-order chi connectivity index (χ0) is 14.2. The van der Waals surface area contributed by atoms with E-state index in [2.05, 4.69) is 4.98 Å². The molecule has 0 fully saturated rings. The monoisotopic (exact) mass is 263 g/mol. The van der Waals surface area contributed by atoms with Crippen LogP contribution in [0, 0.1) is 0 Å². The number of likely N-dealkylation sites (N-methyl/N-ethyl adjacent to an activating group) is 1. The number of fused-ring (bicyclic) bond motifs is 1. The van der Waals surface area contributed by atoms with E-state index in [1.165, 1.54) is 6.07 Å². The van der Waals surface area contributed by atoms with Crippen LogP contribution in [0.5, 0.6) is 0 Å². The van der Waals surface area contributed by atoms with Crippen LogP contribution in [0.25, 0.3) is 11.0 Å². The molecule has 19 heavy (non-hydrogen) atoms. The molecule has 102 valence electrons. The topological polar surface area (TPSA) is 78.3 Å². The molecule has 2 N–H and O–H groups in total. The number of H-pyrrole nitrogens is 1. The highest BCUT2D eigenvalue weighted by molar-refractivity contribution is 6.00. The van der Waals surface area contributed by atoms with Gasteiger partial charge in [-0.25, -0.2) is 9.59 Å². The minimum absolute atomic E-state index is 0.117. The number of carbonyl (C=O) groups is 1. The third kappa shape index (κ3) is 2.39. The van der Waals surface area contributed by atoms with Crippen LogP contribution < -0.4 is 5.69 Å². The number of rotatable bonds is 4. The van der Waals surface area contributed by atoms with Crippen molar-refractivity contribution < 1.29 is 9.90 Å². The third-order valence-electron chi connectivity index (χ3n) is 3.37. The Morgan fingerprint density at radius 3 is 2.74 bits per heavy atom. The molecule has 1 aromatic heterocycles. The minimum Gasteiger partial charge on any atom is -0.478 e. The van der Waals surface area contributed by atoms with Crippen molar-refractivity contribution in [3.05, 3.63) is 34.2 Å². The maximum Gasteiger partial charge on any atom is 0.337 e. The van der Waals surface area contributed by atoms with Crippen molar-refractivity contribution in [1.29, 1.82) is 0 Å². The van der Waals surface area contributed by atoms with Gasteiger partial charge in [0, 0.05) is 12.6 Å². The first kappa shape index (κ1) is 13.4. The van der Waals surface area contributed by atoms with E-state index in [9.17, 15) is 9.59 Å². The molecule has 0 saturated carbocycles. The van der Waals surface area contributed by atoms with Gasteiger partial charge in [-0.2, -0.15) is 0 Å². The molecule has 2 rings (SSSR count). The Morgan fingerprint density at radius 1 is 1.47 bits per heavy atom. The van der Waals surface area contributed by atoms with E-state index in [0.29, 0.717) is 17.6 Å². The molecule has 1 heterocycles. The Bertz CT molecular complexity index is 669. The zero-order valence-corrected chi connectivity index (χ0v) is 11.2. The Labute approximate surface area is 110 Å². The molecular formula is C13H17N3O3. The van der Waals surface area contributed by atoms with Gasteiger partial charge in [-0.15, -0.1) is 0 Å². The number of aromatic carboxylic acids is 1. The Kier molecular flexibility index (Phi) is 3.44. The molecule has 1 aromatic carbocycles. The second-order valence-corrected chi connectivity index (χ2v) is 4.86. The maximum atomic E-state index is 12.0. The van der Waals surface area contributed by atoms with Gasteiger partial charge in [-0.05, 0) is 33.2 Å². The summed E-state index contributed by atoms with van der Waals surface area (Å²) in [5, 5.41) is 9.11. The molecule has 0 amide bonds. The Morgan fingerprint density at radius 2 is 2.16 bits per heavy atom. The van der Waals surface area contributed by atoms with E-state index < -0.39 is 5.97 Å². The van der Waals surface area contributed by atoms with Crippen molar-refractivity contribution >= 4 is 17.0 Å². The number of aromatic nitrogens is 2. The molecule has 0 radical (unpaired) electrons. The quantitative estimate of drug-likeness (QED) is 0.862. The number of imidazole rings is 1. The fourth-order valence-electron chi connectivity index (χ4n) is 1.97. The molecule has 6 heteroatoms. The standard InChI is InChI=1S/C13H17N3O3/c1-8(15(2)3)7-16-10-6-4-5-9(12(17)18)11(10)14-13(16)19/h4-6,8H,7H2,1-3H3,(H,14,19)(H,17,18). The highest BCUT2D eigenvalue weighted by Crippen LogP contribution is 2.16. The van der Waals surface area contributed by atoms with Crippen molar-refractivity contribution in [2.24, 2.45) is 0 Å². The molecule has 2 aromatic rings. The summed E-state index contributed by atoms with van der Waals surface area (Å²) < 4.78 is 1.58. The number of carboxylic acid groups (broad SMARTS) is 1. The highest BCUT2D eigenvalue weighted by Gasteiger charge is 2.16. The number of benzene rings is 1. The molecule has 1 unspecified atom stereocenters. The fraction of sp³-hybridized carbons (Fsp3) is 0.385. The summed E-state index contributed by atoms with van der Waals surface area (Å²) in [5.41, 5.74) is 0.841. The average Bonchev–Trinajstić information content (AvgIpc) is 2.65. The molecule has 1 atom stereocenters. The number of hydrogen-bond acceptors (Lipinski definition) is 3. The first-order chi connectivity index (χ1) is 8.91. The van der Waals surface area contributed by atoms with Crippen molar-refractivity contribution in [3.8, 4) is 0 Å². The van der Waals surface area contributed by atoms with Crippen LogP contribution in [0.15, 0.2) is 23.0 Å². The van der Waals surface area contributed by atoms with E-state index in [1.807, 2.05) is 25.9 Å². The number of para-hydroxylation sites is 1. The molecule has 6 nitrogen and oxygen atoms in total. The second-order valence-electron chi connectivity index (χ2n) is 4.86. The number of aromatic amines is 1. The first-order valence-corrected chi connectivity index (χ1v) is 6.03. The van der Waals surface area contributed by atoms with Crippen LogP contribution in [0.3, 0.4) is 0 Å². The number of hydrogen-bond donors (Lipinski definition) is 2. The van der Waals surface area contributed by atoms with Crippen LogP contribution in [0.1, 0.15) is 17.3 Å². The lowest BCUT2D eigenvalue weighted by Crippen LogP contribution is -2.32.